The average molecular weight is 259 g/mol. The Morgan fingerprint density at radius 1 is 1.41 bits per heavy atom. The molecule has 1 heterocycles. The third kappa shape index (κ3) is 4.27. The van der Waals surface area contributed by atoms with Crippen LogP contribution in [0.2, 0.25) is 0 Å². The first kappa shape index (κ1) is 13.9. The van der Waals surface area contributed by atoms with E-state index in [1.807, 2.05) is 13.8 Å². The summed E-state index contributed by atoms with van der Waals surface area (Å²) < 4.78 is 5.48. The molecular weight excluding hydrogens is 242 g/mol. The monoisotopic (exact) mass is 259 g/mol. The summed E-state index contributed by atoms with van der Waals surface area (Å²) in [6, 6.07) is 0. The van der Waals surface area contributed by atoms with E-state index in [1.165, 1.54) is 4.90 Å². The predicted octanol–water partition coefficient (Wildman–Crippen LogP) is -0.975. The summed E-state index contributed by atoms with van der Waals surface area (Å²) in [5, 5.41) is 2.37. The van der Waals surface area contributed by atoms with Crippen LogP contribution in [-0.4, -0.2) is 53.5 Å². The van der Waals surface area contributed by atoms with Crippen LogP contribution in [0.1, 0.15) is 13.8 Å². The van der Waals surface area contributed by atoms with E-state index in [-0.39, 0.29) is 23.7 Å². The number of nitrogens with zero attached hydrogens (tertiary/aromatic N) is 1. The summed E-state index contributed by atoms with van der Waals surface area (Å²) in [7, 11) is 0. The molecule has 0 aliphatic carbocycles. The maximum Gasteiger partial charge on any atom is 0.312 e. The van der Waals surface area contributed by atoms with Gasteiger partial charge >= 0.3 is 11.8 Å². The van der Waals surface area contributed by atoms with Gasteiger partial charge in [-0.15, -0.1) is 0 Å². The first-order valence-corrected chi connectivity index (χ1v) is 5.82. The topological polar surface area (TPSA) is 84.7 Å². The Bertz CT molecular complexity index is 325. The van der Waals surface area contributed by atoms with Gasteiger partial charge in [0.15, 0.2) is 0 Å². The van der Waals surface area contributed by atoms with Gasteiger partial charge in [0.05, 0.1) is 23.7 Å². The van der Waals surface area contributed by atoms with E-state index in [4.69, 9.17) is 10.5 Å². The molecule has 1 aliphatic heterocycles. The third-order valence-corrected chi connectivity index (χ3v) is 2.47. The van der Waals surface area contributed by atoms with Crippen LogP contribution >= 0.6 is 12.2 Å². The minimum absolute atomic E-state index is 0.0371. The fraction of sp³-hybridized carbons (Fsp3) is 0.700. The Hall–Kier alpha value is -1.21. The van der Waals surface area contributed by atoms with Crippen molar-refractivity contribution in [1.29, 1.82) is 0 Å². The van der Waals surface area contributed by atoms with E-state index >= 15 is 0 Å². The lowest BCUT2D eigenvalue weighted by molar-refractivity contribution is -0.153. The Kier molecular flexibility index (Phi) is 4.83. The number of carbonyl (C=O) groups is 2. The van der Waals surface area contributed by atoms with E-state index in [0.717, 1.165) is 0 Å². The summed E-state index contributed by atoms with van der Waals surface area (Å²) in [5.41, 5.74) is 5.24. The molecule has 0 aromatic carbocycles. The van der Waals surface area contributed by atoms with Gasteiger partial charge in [-0.05, 0) is 13.8 Å². The first-order chi connectivity index (χ1) is 7.90. The van der Waals surface area contributed by atoms with Crippen LogP contribution in [0.25, 0.3) is 0 Å². The van der Waals surface area contributed by atoms with Crippen LogP contribution in [0.4, 0.5) is 0 Å². The highest BCUT2D eigenvalue weighted by Crippen LogP contribution is 2.10. The Morgan fingerprint density at radius 3 is 2.41 bits per heavy atom. The molecule has 0 spiro atoms. The van der Waals surface area contributed by atoms with Crippen molar-refractivity contribution in [3.05, 3.63) is 0 Å². The molecule has 1 saturated heterocycles. The summed E-state index contributed by atoms with van der Waals surface area (Å²) in [6.07, 6.45) is -0.128. The molecule has 1 rings (SSSR count). The van der Waals surface area contributed by atoms with Gasteiger partial charge in [-0.2, -0.15) is 0 Å². The second-order valence-corrected chi connectivity index (χ2v) is 4.64. The van der Waals surface area contributed by atoms with Gasteiger partial charge in [-0.1, -0.05) is 12.2 Å². The van der Waals surface area contributed by atoms with E-state index < -0.39 is 11.8 Å². The summed E-state index contributed by atoms with van der Waals surface area (Å²) >= 11 is 4.61. The molecule has 0 unspecified atom stereocenters. The van der Waals surface area contributed by atoms with E-state index in [2.05, 4.69) is 17.5 Å². The van der Waals surface area contributed by atoms with Crippen molar-refractivity contribution in [2.45, 2.75) is 26.1 Å². The molecule has 0 aromatic heterocycles. The molecule has 96 valence electrons. The number of nitrogens with two attached hydrogens (primary N) is 1. The second kappa shape index (κ2) is 5.92. The summed E-state index contributed by atoms with van der Waals surface area (Å²) in [6.45, 7) is 4.61. The highest BCUT2D eigenvalue weighted by Gasteiger charge is 2.29. The zero-order chi connectivity index (χ0) is 13.0. The number of hydrogen-bond acceptors (Lipinski definition) is 4. The van der Waals surface area contributed by atoms with Crippen LogP contribution in [0.3, 0.4) is 0 Å². The largest absolute Gasteiger partial charge is 0.392 e. The van der Waals surface area contributed by atoms with Gasteiger partial charge < -0.3 is 20.7 Å². The molecular formula is C10H17N3O3S. The van der Waals surface area contributed by atoms with Gasteiger partial charge in [0.2, 0.25) is 0 Å². The summed E-state index contributed by atoms with van der Waals surface area (Å²) in [5.74, 6) is -1.25. The number of amides is 2. The lowest BCUT2D eigenvalue weighted by Gasteiger charge is -2.34. The highest BCUT2D eigenvalue weighted by atomic mass is 32.1. The highest BCUT2D eigenvalue weighted by molar-refractivity contribution is 7.80. The normalized spacial score (nSPS) is 24.2. The average Bonchev–Trinajstić information content (AvgIpc) is 2.23. The molecule has 1 fully saturated rings. The Morgan fingerprint density at radius 2 is 1.94 bits per heavy atom. The van der Waals surface area contributed by atoms with Crippen molar-refractivity contribution < 1.29 is 14.3 Å². The fourth-order valence-corrected chi connectivity index (χ4v) is 1.80. The molecule has 17 heavy (non-hydrogen) atoms. The van der Waals surface area contributed by atoms with Gasteiger partial charge in [-0.3, -0.25) is 9.59 Å². The minimum Gasteiger partial charge on any atom is -0.392 e. The summed E-state index contributed by atoms with van der Waals surface area (Å²) in [4.78, 5) is 24.9. The predicted molar refractivity (Wildman–Crippen MR) is 66.4 cm³/mol. The van der Waals surface area contributed by atoms with Crippen LogP contribution in [0, 0.1) is 0 Å². The molecule has 7 heteroatoms. The Labute approximate surface area is 105 Å². The number of thiocarbonyl (C=S) groups is 1. The van der Waals surface area contributed by atoms with Crippen LogP contribution in [-0.2, 0) is 14.3 Å². The zero-order valence-corrected chi connectivity index (χ0v) is 10.8. The molecule has 0 saturated carbocycles. The van der Waals surface area contributed by atoms with Crippen molar-refractivity contribution in [3.8, 4) is 0 Å². The maximum absolute atomic E-state index is 11.8. The van der Waals surface area contributed by atoms with E-state index in [0.29, 0.717) is 13.1 Å². The van der Waals surface area contributed by atoms with Crippen molar-refractivity contribution in [2.75, 3.05) is 19.6 Å². The van der Waals surface area contributed by atoms with Crippen molar-refractivity contribution in [1.82, 2.24) is 10.2 Å². The SMILES string of the molecule is C[C@@H]1CN(C(=O)C(=O)NCC(N)=S)C[C@H](C)O1. The standard InChI is InChI=1S/C10H17N3O3S/c1-6-4-13(5-7(2)16-6)10(15)9(14)12-3-8(11)17/h6-7H,3-5H2,1-2H3,(H2,11,17)(H,12,14)/t6-,7+. The zero-order valence-electron chi connectivity index (χ0n) is 9.93. The van der Waals surface area contributed by atoms with Crippen molar-refractivity contribution >= 4 is 29.0 Å². The molecule has 0 aromatic rings. The quantitative estimate of drug-likeness (QED) is 0.492. The van der Waals surface area contributed by atoms with Crippen LogP contribution in [0.5, 0.6) is 0 Å². The van der Waals surface area contributed by atoms with Crippen molar-refractivity contribution in [3.63, 3.8) is 0 Å². The fourth-order valence-electron chi connectivity index (χ4n) is 1.73. The molecule has 2 amide bonds. The molecule has 0 radical (unpaired) electrons. The number of carbonyl (C=O) groups excluding carboxylic acids is 2. The molecule has 3 N–H and O–H groups in total. The second-order valence-electron chi connectivity index (χ2n) is 4.12. The Balaban J connectivity index is 2.51. The number of nitrogens with one attached hydrogen (secondary N) is 1. The van der Waals surface area contributed by atoms with Gasteiger partial charge in [0.1, 0.15) is 0 Å². The van der Waals surface area contributed by atoms with Crippen LogP contribution in [0.15, 0.2) is 0 Å². The number of ether oxygens (including phenoxy) is 1. The number of hydrogen-bond donors (Lipinski definition) is 2. The first-order valence-electron chi connectivity index (χ1n) is 5.41. The van der Waals surface area contributed by atoms with Crippen LogP contribution < -0.4 is 11.1 Å². The lowest BCUT2D eigenvalue weighted by Crippen LogP contribution is -2.53. The van der Waals surface area contributed by atoms with E-state index in [1.54, 1.807) is 0 Å². The third-order valence-electron chi connectivity index (χ3n) is 2.32. The van der Waals surface area contributed by atoms with E-state index in [9.17, 15) is 9.59 Å². The van der Waals surface area contributed by atoms with Crippen molar-refractivity contribution in [2.24, 2.45) is 5.73 Å². The molecule has 6 nitrogen and oxygen atoms in total. The number of morpholine rings is 1. The van der Waals surface area contributed by atoms with Gasteiger partial charge in [0, 0.05) is 13.1 Å². The lowest BCUT2D eigenvalue weighted by atomic mass is 10.2. The molecule has 0 bridgehead atoms. The minimum atomic E-state index is -0.681. The molecule has 2 atom stereocenters. The number of rotatable bonds is 2. The molecule has 1 aliphatic rings. The van der Waals surface area contributed by atoms with Gasteiger partial charge in [-0.25, -0.2) is 0 Å². The maximum atomic E-state index is 11.8. The van der Waals surface area contributed by atoms with Gasteiger partial charge in [0.25, 0.3) is 0 Å². The smallest absolute Gasteiger partial charge is 0.312 e.